The van der Waals surface area contributed by atoms with Crippen LogP contribution in [0.15, 0.2) is 60.7 Å². The van der Waals surface area contributed by atoms with E-state index in [0.717, 1.165) is 43.2 Å². The number of rotatable bonds is 25. The van der Waals surface area contributed by atoms with Crippen LogP contribution in [-0.2, 0) is 70.2 Å². The fourth-order valence-electron chi connectivity index (χ4n) is 8.14. The molecular formula is C46H68N2O18. The molecule has 8 N–H and O–H groups in total. The molecule has 3 saturated heterocycles. The van der Waals surface area contributed by atoms with Crippen molar-refractivity contribution in [1.29, 1.82) is 0 Å². The molecule has 3 fully saturated rings. The normalized spacial score (nSPS) is 32.3. The van der Waals surface area contributed by atoms with Crippen LogP contribution < -0.4 is 10.6 Å². The third-order valence-electron chi connectivity index (χ3n) is 11.7. The lowest BCUT2D eigenvalue weighted by Crippen LogP contribution is -2.68. The number of aliphatic hydroxyl groups excluding tert-OH is 6. The number of carbonyl (C=O) groups excluding carboxylic acids is 3. The molecule has 0 unspecified atom stereocenters. The number of esters is 1. The Hall–Kier alpha value is -3.71. The zero-order chi connectivity index (χ0) is 47.6. The van der Waals surface area contributed by atoms with Gasteiger partial charge in [0.05, 0.1) is 40.1 Å². The Morgan fingerprint density at radius 2 is 1.05 bits per heavy atom. The van der Waals surface area contributed by atoms with E-state index in [2.05, 4.69) is 10.6 Å². The number of ether oxygens (including phenoxy) is 9. The van der Waals surface area contributed by atoms with E-state index in [4.69, 9.17) is 42.6 Å². The molecule has 0 bridgehead atoms. The van der Waals surface area contributed by atoms with Crippen LogP contribution in [0.3, 0.4) is 0 Å². The smallest absolute Gasteiger partial charge is 0.305 e. The van der Waals surface area contributed by atoms with E-state index >= 15 is 0 Å². The van der Waals surface area contributed by atoms with E-state index in [9.17, 15) is 45.0 Å². The molecule has 370 valence electrons. The summed E-state index contributed by atoms with van der Waals surface area (Å²) in [6.45, 7) is 0.881. The molecule has 15 atom stereocenters. The molecule has 66 heavy (non-hydrogen) atoms. The second kappa shape index (κ2) is 27.3. The lowest BCUT2D eigenvalue weighted by molar-refractivity contribution is -0.364. The first-order valence-corrected chi connectivity index (χ1v) is 22.6. The van der Waals surface area contributed by atoms with Crippen molar-refractivity contribution in [2.75, 3.05) is 33.5 Å². The Kier molecular flexibility index (Phi) is 22.0. The molecular weight excluding hydrogens is 869 g/mol. The van der Waals surface area contributed by atoms with Gasteiger partial charge in [0.15, 0.2) is 18.9 Å². The van der Waals surface area contributed by atoms with Gasteiger partial charge >= 0.3 is 5.97 Å². The van der Waals surface area contributed by atoms with E-state index in [1.807, 2.05) is 60.7 Å². The van der Waals surface area contributed by atoms with Gasteiger partial charge in [-0.1, -0.05) is 86.3 Å². The molecule has 20 heteroatoms. The molecule has 5 rings (SSSR count). The Balaban J connectivity index is 1.50. The number of nitrogens with one attached hydrogen (secondary N) is 2. The predicted octanol–water partition coefficient (Wildman–Crippen LogP) is 0.0916. The molecule has 2 aromatic rings. The second-order valence-electron chi connectivity index (χ2n) is 16.7. The summed E-state index contributed by atoms with van der Waals surface area (Å²) in [6.07, 6.45) is -12.8. The average Bonchev–Trinajstić information content (AvgIpc) is 3.31. The largest absolute Gasteiger partial charge is 0.469 e. The summed E-state index contributed by atoms with van der Waals surface area (Å²) >= 11 is 0. The van der Waals surface area contributed by atoms with E-state index in [-0.39, 0.29) is 32.4 Å². The molecule has 20 nitrogen and oxygen atoms in total. The van der Waals surface area contributed by atoms with Crippen molar-refractivity contribution in [3.8, 4) is 0 Å². The first kappa shape index (κ1) is 53.2. The van der Waals surface area contributed by atoms with Crippen LogP contribution in [0.4, 0.5) is 0 Å². The fraction of sp³-hybridized carbons (Fsp3) is 0.674. The number of aliphatic hydroxyl groups is 6. The van der Waals surface area contributed by atoms with Gasteiger partial charge in [-0.2, -0.15) is 0 Å². The topological polar surface area (TPSA) is 280 Å². The predicted molar refractivity (Wildman–Crippen MR) is 231 cm³/mol. The SMILES string of the molecule is COC(=O)CCCCCCCCO[C@H]1O[C@H](CO[C@@H]2O[C@H](CO)[C@@H](O)[C@H](O)[C@H]2NC(C)=O)[C@@H](OCc2ccccc2)[C@H](O[C@@H]2O[C@H](CO)[C@@H](O)[C@H](O)[C@H]2NC(C)=O)[C@@H]1OCc1ccccc1. The van der Waals surface area contributed by atoms with Crippen LogP contribution >= 0.6 is 0 Å². The molecule has 3 aliphatic heterocycles. The number of carbonyl (C=O) groups is 3. The fourth-order valence-corrected chi connectivity index (χ4v) is 8.14. The van der Waals surface area contributed by atoms with Gasteiger partial charge in [0.25, 0.3) is 0 Å². The zero-order valence-corrected chi connectivity index (χ0v) is 37.7. The standard InChI is InChI=1S/C46H68N2O18/c1-27(51)47-35-39(56)37(54)31(22-49)63-44(35)62-26-33-41(60-24-29-16-10-8-11-17-29)42(66-45-36(48-28(2)52)40(57)38(55)32(23-50)64-45)43(61-25-30-18-12-9-13-19-30)46(65-33)59-21-15-7-5-4-6-14-20-34(53)58-3/h8-13,16-19,31-33,35-46,49-50,54-57H,4-7,14-15,20-26H2,1-3H3,(H,47,51)(H,48,52)/t31-,32-,33-,35-,36-,37-,38-,39-,40-,41-,42+,43+,44-,45+,46+/m1/s1. The minimum Gasteiger partial charge on any atom is -0.469 e. The number of hydrogen-bond donors (Lipinski definition) is 8. The minimum absolute atomic E-state index is 0.00498. The Morgan fingerprint density at radius 3 is 1.58 bits per heavy atom. The summed E-state index contributed by atoms with van der Waals surface area (Å²) in [7, 11) is 1.37. The third-order valence-corrected chi connectivity index (χ3v) is 11.7. The van der Waals surface area contributed by atoms with Crippen molar-refractivity contribution in [3.63, 3.8) is 0 Å². The number of methoxy groups -OCH3 is 1. The monoisotopic (exact) mass is 936 g/mol. The Morgan fingerprint density at radius 1 is 0.561 bits per heavy atom. The molecule has 0 spiro atoms. The highest BCUT2D eigenvalue weighted by Crippen LogP contribution is 2.35. The maximum atomic E-state index is 12.5. The van der Waals surface area contributed by atoms with Gasteiger partial charge in [0, 0.05) is 26.9 Å². The number of hydrogen-bond acceptors (Lipinski definition) is 18. The number of unbranched alkanes of at least 4 members (excludes halogenated alkanes) is 5. The van der Waals surface area contributed by atoms with Crippen molar-refractivity contribution in [2.45, 2.75) is 164 Å². The molecule has 0 radical (unpaired) electrons. The first-order chi connectivity index (χ1) is 31.8. The van der Waals surface area contributed by atoms with Gasteiger partial charge in [-0.15, -0.1) is 0 Å². The Labute approximate surface area is 384 Å². The van der Waals surface area contributed by atoms with Crippen molar-refractivity contribution in [2.24, 2.45) is 0 Å². The summed E-state index contributed by atoms with van der Waals surface area (Å²) in [5.41, 5.74) is 1.55. The molecule has 2 aromatic carbocycles. The highest BCUT2D eigenvalue weighted by molar-refractivity contribution is 5.73. The van der Waals surface area contributed by atoms with Crippen molar-refractivity contribution in [1.82, 2.24) is 10.6 Å². The van der Waals surface area contributed by atoms with Gasteiger partial charge < -0.3 is 83.9 Å². The van der Waals surface area contributed by atoms with Crippen LogP contribution in [0.2, 0.25) is 0 Å². The van der Waals surface area contributed by atoms with Crippen LogP contribution in [0.5, 0.6) is 0 Å². The van der Waals surface area contributed by atoms with Crippen molar-refractivity contribution >= 4 is 17.8 Å². The summed E-state index contributed by atoms with van der Waals surface area (Å²) in [5, 5.41) is 69.3. The van der Waals surface area contributed by atoms with E-state index < -0.39 is 117 Å². The lowest BCUT2D eigenvalue weighted by Gasteiger charge is -2.49. The van der Waals surface area contributed by atoms with Crippen LogP contribution in [0.25, 0.3) is 0 Å². The van der Waals surface area contributed by atoms with Gasteiger partial charge in [0.1, 0.15) is 73.1 Å². The lowest BCUT2D eigenvalue weighted by atomic mass is 9.95. The van der Waals surface area contributed by atoms with Crippen LogP contribution in [0, 0.1) is 0 Å². The van der Waals surface area contributed by atoms with Crippen LogP contribution in [-0.4, -0.2) is 174 Å². The maximum absolute atomic E-state index is 12.5. The third kappa shape index (κ3) is 15.4. The molecule has 0 aliphatic carbocycles. The van der Waals surface area contributed by atoms with Crippen molar-refractivity contribution in [3.05, 3.63) is 71.8 Å². The van der Waals surface area contributed by atoms with Gasteiger partial charge in [-0.25, -0.2) is 0 Å². The summed E-state index contributed by atoms with van der Waals surface area (Å²) in [6, 6.07) is 15.8. The van der Waals surface area contributed by atoms with E-state index in [1.165, 1.54) is 21.0 Å². The molecule has 0 aromatic heterocycles. The van der Waals surface area contributed by atoms with E-state index in [0.29, 0.717) is 12.8 Å². The van der Waals surface area contributed by atoms with Crippen LogP contribution in [0.1, 0.15) is 69.9 Å². The first-order valence-electron chi connectivity index (χ1n) is 22.6. The van der Waals surface area contributed by atoms with E-state index in [1.54, 1.807) is 0 Å². The maximum Gasteiger partial charge on any atom is 0.305 e. The quantitative estimate of drug-likeness (QED) is 0.0484. The average molecular weight is 937 g/mol. The highest BCUT2D eigenvalue weighted by atomic mass is 16.8. The highest BCUT2D eigenvalue weighted by Gasteiger charge is 2.54. The number of benzene rings is 2. The molecule has 3 heterocycles. The van der Waals surface area contributed by atoms with Gasteiger partial charge in [-0.05, 0) is 24.0 Å². The minimum atomic E-state index is -1.65. The van der Waals surface area contributed by atoms with Gasteiger partial charge in [-0.3, -0.25) is 14.4 Å². The van der Waals surface area contributed by atoms with Gasteiger partial charge in [0.2, 0.25) is 11.8 Å². The Bertz CT molecular complexity index is 1730. The van der Waals surface area contributed by atoms with Crippen molar-refractivity contribution < 1.29 is 87.7 Å². The molecule has 2 amide bonds. The molecule has 3 aliphatic rings. The zero-order valence-electron chi connectivity index (χ0n) is 37.7. The summed E-state index contributed by atoms with van der Waals surface area (Å²) < 4.78 is 56.3. The summed E-state index contributed by atoms with van der Waals surface area (Å²) in [5.74, 6) is -1.37. The number of amides is 2. The second-order valence-corrected chi connectivity index (χ2v) is 16.7. The summed E-state index contributed by atoms with van der Waals surface area (Å²) in [4.78, 5) is 36.3. The molecule has 0 saturated carbocycles.